The summed E-state index contributed by atoms with van der Waals surface area (Å²) in [6.07, 6.45) is 0. The summed E-state index contributed by atoms with van der Waals surface area (Å²) >= 11 is 0. The lowest BCUT2D eigenvalue weighted by molar-refractivity contribution is 0.0940. The van der Waals surface area contributed by atoms with Gasteiger partial charge in [0.1, 0.15) is 11.5 Å². The fraction of sp³-hybridized carbons (Fsp3) is 0.462. The smallest absolute Gasteiger partial charge is 0.251 e. The van der Waals surface area contributed by atoms with E-state index in [-0.39, 0.29) is 11.9 Å². The van der Waals surface area contributed by atoms with Crippen LogP contribution in [-0.4, -0.2) is 32.7 Å². The van der Waals surface area contributed by atoms with Gasteiger partial charge in [-0.15, -0.1) is 0 Å². The summed E-state index contributed by atoms with van der Waals surface area (Å²) in [6, 6.07) is 3.31. The number of carbonyl (C=O) groups is 1. The topological polar surface area (TPSA) is 73.6 Å². The van der Waals surface area contributed by atoms with Crippen molar-refractivity contribution in [3.05, 3.63) is 23.3 Å². The first-order valence-electron chi connectivity index (χ1n) is 5.77. The molecule has 5 heteroatoms. The Morgan fingerprint density at radius 1 is 1.33 bits per heavy atom. The molecule has 0 aromatic heterocycles. The first-order valence-corrected chi connectivity index (χ1v) is 5.77. The van der Waals surface area contributed by atoms with Crippen molar-refractivity contribution in [2.24, 2.45) is 5.73 Å². The zero-order valence-corrected chi connectivity index (χ0v) is 11.2. The van der Waals surface area contributed by atoms with Crippen LogP contribution in [0.2, 0.25) is 0 Å². The van der Waals surface area contributed by atoms with Crippen LogP contribution in [0, 0.1) is 6.92 Å². The molecule has 100 valence electrons. The quantitative estimate of drug-likeness (QED) is 0.822. The summed E-state index contributed by atoms with van der Waals surface area (Å²) in [5, 5.41) is 2.79. The summed E-state index contributed by atoms with van der Waals surface area (Å²) in [4.78, 5) is 12.0. The van der Waals surface area contributed by atoms with Gasteiger partial charge in [0.05, 0.1) is 14.2 Å². The second-order valence-corrected chi connectivity index (χ2v) is 4.12. The summed E-state index contributed by atoms with van der Waals surface area (Å²) in [5.74, 6) is 1.06. The summed E-state index contributed by atoms with van der Waals surface area (Å²) in [5.41, 5.74) is 6.83. The molecule has 0 spiro atoms. The number of hydrogen-bond acceptors (Lipinski definition) is 4. The molecule has 0 aliphatic heterocycles. The lowest BCUT2D eigenvalue weighted by Crippen LogP contribution is -2.37. The molecule has 1 atom stereocenters. The Balaban J connectivity index is 3.05. The van der Waals surface area contributed by atoms with Gasteiger partial charge in [0.2, 0.25) is 0 Å². The average molecular weight is 252 g/mol. The van der Waals surface area contributed by atoms with E-state index < -0.39 is 0 Å². The van der Waals surface area contributed by atoms with Gasteiger partial charge in [-0.2, -0.15) is 0 Å². The highest BCUT2D eigenvalue weighted by Gasteiger charge is 2.14. The first kappa shape index (κ1) is 14.3. The molecule has 5 nitrogen and oxygen atoms in total. The third kappa shape index (κ3) is 3.13. The minimum Gasteiger partial charge on any atom is -0.496 e. The molecular weight excluding hydrogens is 232 g/mol. The van der Waals surface area contributed by atoms with Gasteiger partial charge < -0.3 is 20.5 Å². The minimum absolute atomic E-state index is 0.0733. The van der Waals surface area contributed by atoms with Crippen LogP contribution >= 0.6 is 0 Å². The molecule has 0 unspecified atom stereocenters. The number of rotatable bonds is 5. The molecule has 1 aromatic carbocycles. The third-order valence-electron chi connectivity index (χ3n) is 2.75. The SMILES string of the molecule is COc1cc(C(=O)N[C@@H](C)CN)cc(OC)c1C. The first-order chi connectivity index (χ1) is 8.53. The van der Waals surface area contributed by atoms with Crippen molar-refractivity contribution in [2.75, 3.05) is 20.8 Å². The molecule has 1 aromatic rings. The zero-order valence-electron chi connectivity index (χ0n) is 11.2. The van der Waals surface area contributed by atoms with Gasteiger partial charge in [0.15, 0.2) is 0 Å². The Kier molecular flexibility index (Phi) is 4.97. The Bertz CT molecular complexity index is 407. The van der Waals surface area contributed by atoms with Gasteiger partial charge in [0.25, 0.3) is 5.91 Å². The Hall–Kier alpha value is -1.75. The van der Waals surface area contributed by atoms with Crippen LogP contribution in [0.1, 0.15) is 22.8 Å². The molecule has 0 saturated heterocycles. The maximum Gasteiger partial charge on any atom is 0.251 e. The van der Waals surface area contributed by atoms with Gasteiger partial charge >= 0.3 is 0 Å². The van der Waals surface area contributed by atoms with E-state index in [1.54, 1.807) is 26.4 Å². The predicted molar refractivity (Wildman–Crippen MR) is 70.3 cm³/mol. The summed E-state index contributed by atoms with van der Waals surface area (Å²) < 4.78 is 10.4. The number of nitrogens with one attached hydrogen (secondary N) is 1. The van der Waals surface area contributed by atoms with Gasteiger partial charge in [-0.3, -0.25) is 4.79 Å². The van der Waals surface area contributed by atoms with Gasteiger partial charge in [0, 0.05) is 23.7 Å². The van der Waals surface area contributed by atoms with Crippen LogP contribution in [0.3, 0.4) is 0 Å². The fourth-order valence-electron chi connectivity index (χ4n) is 1.58. The molecule has 0 radical (unpaired) electrons. The molecule has 0 aliphatic rings. The van der Waals surface area contributed by atoms with E-state index in [1.165, 1.54) is 0 Å². The monoisotopic (exact) mass is 252 g/mol. The molecule has 0 fully saturated rings. The molecule has 3 N–H and O–H groups in total. The van der Waals surface area contributed by atoms with Crippen molar-refractivity contribution in [1.29, 1.82) is 0 Å². The van der Waals surface area contributed by atoms with Crippen LogP contribution < -0.4 is 20.5 Å². The van der Waals surface area contributed by atoms with E-state index in [9.17, 15) is 4.79 Å². The van der Waals surface area contributed by atoms with Crippen molar-refractivity contribution >= 4 is 5.91 Å². The van der Waals surface area contributed by atoms with E-state index in [0.717, 1.165) is 5.56 Å². The van der Waals surface area contributed by atoms with E-state index in [2.05, 4.69) is 5.32 Å². The lowest BCUT2D eigenvalue weighted by Gasteiger charge is -2.14. The van der Waals surface area contributed by atoms with E-state index in [4.69, 9.17) is 15.2 Å². The van der Waals surface area contributed by atoms with Crippen molar-refractivity contribution < 1.29 is 14.3 Å². The van der Waals surface area contributed by atoms with Crippen molar-refractivity contribution in [3.63, 3.8) is 0 Å². The second kappa shape index (κ2) is 6.26. The molecule has 1 amide bonds. The van der Waals surface area contributed by atoms with Crippen molar-refractivity contribution in [2.45, 2.75) is 19.9 Å². The number of hydrogen-bond donors (Lipinski definition) is 2. The number of benzene rings is 1. The maximum absolute atomic E-state index is 12.0. The van der Waals surface area contributed by atoms with Crippen LogP contribution in [0.25, 0.3) is 0 Å². The van der Waals surface area contributed by atoms with Crippen LogP contribution in [0.4, 0.5) is 0 Å². The Labute approximate surface area is 107 Å². The molecule has 18 heavy (non-hydrogen) atoms. The normalized spacial score (nSPS) is 11.8. The molecule has 0 aliphatic carbocycles. The second-order valence-electron chi connectivity index (χ2n) is 4.12. The van der Waals surface area contributed by atoms with Gasteiger partial charge in [-0.05, 0) is 26.0 Å². The Morgan fingerprint density at radius 2 is 1.83 bits per heavy atom. The van der Waals surface area contributed by atoms with Crippen molar-refractivity contribution in [3.8, 4) is 11.5 Å². The highest BCUT2D eigenvalue weighted by molar-refractivity contribution is 5.95. The number of methoxy groups -OCH3 is 2. The largest absolute Gasteiger partial charge is 0.496 e. The molecule has 0 saturated carbocycles. The molecular formula is C13H20N2O3. The standard InChI is InChI=1S/C13H20N2O3/c1-8(7-14)15-13(16)10-5-11(17-3)9(2)12(6-10)18-4/h5-6,8H,7,14H2,1-4H3,(H,15,16)/t8-/m0/s1. The number of amides is 1. The molecule has 0 bridgehead atoms. The predicted octanol–water partition coefficient (Wildman–Crippen LogP) is 1.09. The van der Waals surface area contributed by atoms with E-state index in [0.29, 0.717) is 23.6 Å². The Morgan fingerprint density at radius 3 is 2.22 bits per heavy atom. The van der Waals surface area contributed by atoms with Crippen LogP contribution in [-0.2, 0) is 0 Å². The highest BCUT2D eigenvalue weighted by Crippen LogP contribution is 2.29. The average Bonchev–Trinajstić information content (AvgIpc) is 2.38. The summed E-state index contributed by atoms with van der Waals surface area (Å²) in [6.45, 7) is 4.12. The van der Waals surface area contributed by atoms with Crippen LogP contribution in [0.5, 0.6) is 11.5 Å². The van der Waals surface area contributed by atoms with Gasteiger partial charge in [-0.1, -0.05) is 0 Å². The van der Waals surface area contributed by atoms with E-state index >= 15 is 0 Å². The lowest BCUT2D eigenvalue weighted by atomic mass is 10.1. The fourth-order valence-corrected chi connectivity index (χ4v) is 1.58. The highest BCUT2D eigenvalue weighted by atomic mass is 16.5. The maximum atomic E-state index is 12.0. The molecule has 0 heterocycles. The number of ether oxygens (including phenoxy) is 2. The number of nitrogens with two attached hydrogens (primary N) is 1. The number of carbonyl (C=O) groups excluding carboxylic acids is 1. The molecule has 1 rings (SSSR count). The zero-order chi connectivity index (χ0) is 13.7. The minimum atomic E-state index is -0.190. The van der Waals surface area contributed by atoms with Crippen LogP contribution in [0.15, 0.2) is 12.1 Å². The van der Waals surface area contributed by atoms with Gasteiger partial charge in [-0.25, -0.2) is 0 Å². The summed E-state index contributed by atoms with van der Waals surface area (Å²) in [7, 11) is 3.12. The van der Waals surface area contributed by atoms with Crippen molar-refractivity contribution in [1.82, 2.24) is 5.32 Å². The van der Waals surface area contributed by atoms with E-state index in [1.807, 2.05) is 13.8 Å². The third-order valence-corrected chi connectivity index (χ3v) is 2.75.